The third kappa shape index (κ3) is 4.86. The average Bonchev–Trinajstić information content (AvgIpc) is 2.53. The maximum Gasteiger partial charge on any atom is 0.313 e. The van der Waals surface area contributed by atoms with E-state index in [0.29, 0.717) is 5.56 Å². The highest BCUT2D eigenvalue weighted by molar-refractivity contribution is 7.89. The molecule has 0 fully saturated rings. The van der Waals surface area contributed by atoms with Crippen molar-refractivity contribution in [2.24, 2.45) is 5.14 Å². The van der Waals surface area contributed by atoms with Gasteiger partial charge in [0, 0.05) is 12.2 Å². The predicted molar refractivity (Wildman–Crippen MR) is 84.7 cm³/mol. The number of hydrogen-bond donors (Lipinski definition) is 3. The van der Waals surface area contributed by atoms with Crippen molar-refractivity contribution in [2.75, 3.05) is 5.32 Å². The molecule has 4 N–H and O–H groups in total. The molecule has 0 unspecified atom stereocenters. The van der Waals surface area contributed by atoms with E-state index < -0.39 is 27.7 Å². The first kappa shape index (κ1) is 17.6. The Hall–Kier alpha value is -2.78. The minimum Gasteiger partial charge on any atom is -0.344 e. The summed E-state index contributed by atoms with van der Waals surface area (Å²) >= 11 is 0. The summed E-state index contributed by atoms with van der Waals surface area (Å²) in [6.07, 6.45) is 0. The third-order valence-corrected chi connectivity index (χ3v) is 3.94. The van der Waals surface area contributed by atoms with Crippen LogP contribution >= 0.6 is 0 Å². The van der Waals surface area contributed by atoms with Crippen molar-refractivity contribution in [2.45, 2.75) is 11.4 Å². The standard InChI is InChI=1S/C15H14FN3O4S/c16-11-3-1-10(2-4-11)9-18-14(20)15(21)19-12-5-7-13(8-6-12)24(17,22)23/h1-8H,9H2,(H,18,20)(H,19,21)(H2,17,22,23). The molecule has 9 heteroatoms. The maximum atomic E-state index is 12.8. The van der Waals surface area contributed by atoms with E-state index in [1.165, 1.54) is 48.5 Å². The molecule has 2 aromatic carbocycles. The van der Waals surface area contributed by atoms with Crippen molar-refractivity contribution in [3.63, 3.8) is 0 Å². The zero-order valence-corrected chi connectivity index (χ0v) is 13.1. The molecule has 0 spiro atoms. The summed E-state index contributed by atoms with van der Waals surface area (Å²) in [5.74, 6) is -2.19. The van der Waals surface area contributed by atoms with Crippen LogP contribution in [0.4, 0.5) is 10.1 Å². The SMILES string of the molecule is NS(=O)(=O)c1ccc(NC(=O)C(=O)NCc2ccc(F)cc2)cc1. The second-order valence-electron chi connectivity index (χ2n) is 4.83. The van der Waals surface area contributed by atoms with Gasteiger partial charge in [0.1, 0.15) is 5.82 Å². The summed E-state index contributed by atoms with van der Waals surface area (Å²) in [4.78, 5) is 23.3. The van der Waals surface area contributed by atoms with E-state index in [0.717, 1.165) is 0 Å². The minimum absolute atomic E-state index is 0.0664. The van der Waals surface area contributed by atoms with Crippen LogP contribution in [0.15, 0.2) is 53.4 Å². The molecule has 0 saturated heterocycles. The molecule has 2 rings (SSSR count). The largest absolute Gasteiger partial charge is 0.344 e. The molecular formula is C15H14FN3O4S. The van der Waals surface area contributed by atoms with Gasteiger partial charge in [0.2, 0.25) is 10.0 Å². The van der Waals surface area contributed by atoms with Crippen molar-refractivity contribution in [3.05, 3.63) is 59.9 Å². The topological polar surface area (TPSA) is 118 Å². The Kier molecular flexibility index (Phi) is 5.27. The van der Waals surface area contributed by atoms with Crippen molar-refractivity contribution in [1.82, 2.24) is 5.32 Å². The molecule has 0 saturated carbocycles. The Bertz CT molecular complexity index is 849. The lowest BCUT2D eigenvalue weighted by atomic mass is 10.2. The Morgan fingerprint density at radius 3 is 2.08 bits per heavy atom. The van der Waals surface area contributed by atoms with E-state index in [2.05, 4.69) is 10.6 Å². The molecule has 2 amide bonds. The number of benzene rings is 2. The molecule has 24 heavy (non-hydrogen) atoms. The van der Waals surface area contributed by atoms with Crippen molar-refractivity contribution in [3.8, 4) is 0 Å². The van der Waals surface area contributed by atoms with Gasteiger partial charge in [-0.05, 0) is 42.0 Å². The van der Waals surface area contributed by atoms with Gasteiger partial charge in [-0.25, -0.2) is 17.9 Å². The molecule has 0 aliphatic rings. The van der Waals surface area contributed by atoms with Crippen molar-refractivity contribution < 1.29 is 22.4 Å². The van der Waals surface area contributed by atoms with E-state index in [1.807, 2.05) is 0 Å². The van der Waals surface area contributed by atoms with Crippen molar-refractivity contribution >= 4 is 27.5 Å². The highest BCUT2D eigenvalue weighted by Gasteiger charge is 2.14. The van der Waals surface area contributed by atoms with E-state index in [1.54, 1.807) is 0 Å². The molecular weight excluding hydrogens is 337 g/mol. The molecule has 0 aliphatic heterocycles. The molecule has 7 nitrogen and oxygen atoms in total. The van der Waals surface area contributed by atoms with E-state index >= 15 is 0 Å². The lowest BCUT2D eigenvalue weighted by molar-refractivity contribution is -0.136. The van der Waals surface area contributed by atoms with Crippen LogP contribution in [0.25, 0.3) is 0 Å². The Morgan fingerprint density at radius 1 is 0.958 bits per heavy atom. The van der Waals surface area contributed by atoms with Gasteiger partial charge >= 0.3 is 11.8 Å². The number of carbonyl (C=O) groups excluding carboxylic acids is 2. The number of primary sulfonamides is 1. The van der Waals surface area contributed by atoms with Gasteiger partial charge < -0.3 is 10.6 Å². The molecule has 0 aliphatic carbocycles. The normalized spacial score (nSPS) is 10.9. The Labute approximate surface area is 137 Å². The quantitative estimate of drug-likeness (QED) is 0.704. The fraction of sp³-hybridized carbons (Fsp3) is 0.0667. The van der Waals surface area contributed by atoms with Crippen LogP contribution in [0.3, 0.4) is 0 Å². The van der Waals surface area contributed by atoms with Crippen LogP contribution < -0.4 is 15.8 Å². The van der Waals surface area contributed by atoms with Crippen LogP contribution in [-0.4, -0.2) is 20.2 Å². The van der Waals surface area contributed by atoms with Crippen LogP contribution in [-0.2, 0) is 26.2 Å². The summed E-state index contributed by atoms with van der Waals surface area (Å²) in [5, 5.41) is 9.66. The zero-order valence-electron chi connectivity index (χ0n) is 12.3. The second-order valence-corrected chi connectivity index (χ2v) is 6.39. The lowest BCUT2D eigenvalue weighted by Crippen LogP contribution is -2.34. The number of hydrogen-bond acceptors (Lipinski definition) is 4. The van der Waals surface area contributed by atoms with E-state index in [9.17, 15) is 22.4 Å². The minimum atomic E-state index is -3.83. The zero-order chi connectivity index (χ0) is 17.7. The number of anilines is 1. The summed E-state index contributed by atoms with van der Waals surface area (Å²) in [5.41, 5.74) is 0.874. The van der Waals surface area contributed by atoms with Gasteiger partial charge in [-0.2, -0.15) is 0 Å². The third-order valence-electron chi connectivity index (χ3n) is 3.01. The monoisotopic (exact) mass is 351 g/mol. The molecule has 0 radical (unpaired) electrons. The number of halogens is 1. The number of rotatable bonds is 4. The number of carbonyl (C=O) groups is 2. The van der Waals surface area contributed by atoms with Gasteiger partial charge in [-0.1, -0.05) is 12.1 Å². The van der Waals surface area contributed by atoms with Crippen LogP contribution in [0, 0.1) is 5.82 Å². The summed E-state index contributed by atoms with van der Waals surface area (Å²) in [6.45, 7) is 0.0664. The number of nitrogens with two attached hydrogens (primary N) is 1. The first-order chi connectivity index (χ1) is 11.3. The van der Waals surface area contributed by atoms with Crippen molar-refractivity contribution in [1.29, 1.82) is 0 Å². The van der Waals surface area contributed by atoms with E-state index in [-0.39, 0.29) is 17.1 Å². The fourth-order valence-corrected chi connectivity index (χ4v) is 2.30. The summed E-state index contributed by atoms with van der Waals surface area (Å²) in [6, 6.07) is 10.5. The fourth-order valence-electron chi connectivity index (χ4n) is 1.78. The number of nitrogens with one attached hydrogen (secondary N) is 2. The highest BCUT2D eigenvalue weighted by Crippen LogP contribution is 2.12. The first-order valence-electron chi connectivity index (χ1n) is 6.72. The first-order valence-corrected chi connectivity index (χ1v) is 8.27. The van der Waals surface area contributed by atoms with Crippen LogP contribution in [0.5, 0.6) is 0 Å². The summed E-state index contributed by atoms with van der Waals surface area (Å²) in [7, 11) is -3.83. The molecule has 0 heterocycles. The highest BCUT2D eigenvalue weighted by atomic mass is 32.2. The van der Waals surface area contributed by atoms with E-state index in [4.69, 9.17) is 5.14 Å². The molecule has 0 atom stereocenters. The molecule has 0 bridgehead atoms. The summed E-state index contributed by atoms with van der Waals surface area (Å²) < 4.78 is 35.0. The Balaban J connectivity index is 1.91. The number of amides is 2. The maximum absolute atomic E-state index is 12.8. The van der Waals surface area contributed by atoms with Gasteiger partial charge in [0.25, 0.3) is 0 Å². The Morgan fingerprint density at radius 2 is 1.54 bits per heavy atom. The van der Waals surface area contributed by atoms with Crippen LogP contribution in [0.1, 0.15) is 5.56 Å². The van der Waals surface area contributed by atoms with Gasteiger partial charge in [0.15, 0.2) is 0 Å². The van der Waals surface area contributed by atoms with Gasteiger partial charge in [-0.15, -0.1) is 0 Å². The molecule has 126 valence electrons. The second kappa shape index (κ2) is 7.20. The average molecular weight is 351 g/mol. The smallest absolute Gasteiger partial charge is 0.313 e. The van der Waals surface area contributed by atoms with Gasteiger partial charge in [-0.3, -0.25) is 9.59 Å². The molecule has 0 aromatic heterocycles. The molecule has 2 aromatic rings. The predicted octanol–water partition coefficient (Wildman–Crippen LogP) is 0.728. The van der Waals surface area contributed by atoms with Gasteiger partial charge in [0.05, 0.1) is 4.90 Å². The van der Waals surface area contributed by atoms with Crippen LogP contribution in [0.2, 0.25) is 0 Å². The lowest BCUT2D eigenvalue weighted by Gasteiger charge is -2.07. The number of sulfonamides is 1.